The summed E-state index contributed by atoms with van der Waals surface area (Å²) in [5.41, 5.74) is 0. The van der Waals surface area contributed by atoms with E-state index in [1.54, 1.807) is 0 Å². The van der Waals surface area contributed by atoms with Gasteiger partial charge in [0.2, 0.25) is 0 Å². The van der Waals surface area contributed by atoms with Crippen LogP contribution in [0.1, 0.15) is 45.4 Å². The van der Waals surface area contributed by atoms with Gasteiger partial charge in [0, 0.05) is 6.04 Å². The highest BCUT2D eigenvalue weighted by Gasteiger charge is 2.22. The molecule has 0 amide bonds. The van der Waals surface area contributed by atoms with Gasteiger partial charge in [-0.3, -0.25) is 0 Å². The molecule has 0 spiro atoms. The predicted octanol–water partition coefficient (Wildman–Crippen LogP) is 3.12. The van der Waals surface area contributed by atoms with Crippen LogP contribution in [0, 0.1) is 5.92 Å². The largest absolute Gasteiger partial charge is 0.313 e. The first-order valence-electron chi connectivity index (χ1n) is 5.72. The van der Waals surface area contributed by atoms with Gasteiger partial charge in [0.15, 0.2) is 0 Å². The molecular weight excluding hydrogens is 158 g/mol. The van der Waals surface area contributed by atoms with Crippen LogP contribution in [0.5, 0.6) is 0 Å². The molecule has 1 atom stereocenters. The highest BCUT2D eigenvalue weighted by atomic mass is 14.9. The van der Waals surface area contributed by atoms with Crippen LogP contribution in [-0.2, 0) is 0 Å². The number of hydrogen-bond acceptors (Lipinski definition) is 1. The number of rotatable bonds is 6. The zero-order valence-electron chi connectivity index (χ0n) is 8.89. The summed E-state index contributed by atoms with van der Waals surface area (Å²) >= 11 is 0. The maximum Gasteiger partial charge on any atom is 0.0130 e. The Morgan fingerprint density at radius 2 is 2.15 bits per heavy atom. The quantitative estimate of drug-likeness (QED) is 0.621. The van der Waals surface area contributed by atoms with Gasteiger partial charge in [0.1, 0.15) is 0 Å². The Morgan fingerprint density at radius 1 is 1.46 bits per heavy atom. The molecule has 76 valence electrons. The number of nitrogens with one attached hydrogen (secondary N) is 1. The van der Waals surface area contributed by atoms with E-state index in [4.69, 9.17) is 0 Å². The molecule has 0 radical (unpaired) electrons. The first-order valence-corrected chi connectivity index (χ1v) is 5.72. The molecular formula is C12H23N. The highest BCUT2D eigenvalue weighted by molar-refractivity contribution is 4.85. The van der Waals surface area contributed by atoms with Gasteiger partial charge in [0.25, 0.3) is 0 Å². The van der Waals surface area contributed by atoms with E-state index >= 15 is 0 Å². The molecule has 0 aromatic carbocycles. The molecule has 1 unspecified atom stereocenters. The van der Waals surface area contributed by atoms with E-state index in [-0.39, 0.29) is 0 Å². The second kappa shape index (κ2) is 6.20. The van der Waals surface area contributed by atoms with Crippen molar-refractivity contribution in [3.05, 3.63) is 12.7 Å². The minimum absolute atomic E-state index is 0.708. The van der Waals surface area contributed by atoms with E-state index in [0.717, 1.165) is 18.9 Å². The van der Waals surface area contributed by atoms with Gasteiger partial charge in [0.05, 0.1) is 0 Å². The molecule has 1 fully saturated rings. The summed E-state index contributed by atoms with van der Waals surface area (Å²) in [5, 5.41) is 3.64. The molecule has 0 aromatic rings. The first-order chi connectivity index (χ1) is 6.38. The third kappa shape index (κ3) is 3.51. The molecule has 0 aromatic heterocycles. The van der Waals surface area contributed by atoms with Crippen molar-refractivity contribution in [1.29, 1.82) is 0 Å². The van der Waals surface area contributed by atoms with Crippen LogP contribution in [0.4, 0.5) is 0 Å². The van der Waals surface area contributed by atoms with Crippen molar-refractivity contribution in [2.75, 3.05) is 6.54 Å². The predicted molar refractivity (Wildman–Crippen MR) is 58.9 cm³/mol. The summed E-state index contributed by atoms with van der Waals surface area (Å²) in [7, 11) is 0. The fraction of sp³-hybridized carbons (Fsp3) is 0.833. The van der Waals surface area contributed by atoms with Gasteiger partial charge in [-0.1, -0.05) is 25.8 Å². The van der Waals surface area contributed by atoms with Gasteiger partial charge in [-0.15, -0.1) is 6.58 Å². The third-order valence-electron chi connectivity index (χ3n) is 3.05. The van der Waals surface area contributed by atoms with Crippen molar-refractivity contribution in [2.24, 2.45) is 5.92 Å². The van der Waals surface area contributed by atoms with Crippen molar-refractivity contribution < 1.29 is 0 Å². The molecule has 1 saturated carbocycles. The van der Waals surface area contributed by atoms with Gasteiger partial charge in [-0.2, -0.15) is 0 Å². The van der Waals surface area contributed by atoms with Crippen LogP contribution >= 0.6 is 0 Å². The fourth-order valence-corrected chi connectivity index (χ4v) is 2.31. The zero-order valence-corrected chi connectivity index (χ0v) is 8.89. The van der Waals surface area contributed by atoms with Crippen molar-refractivity contribution in [3.63, 3.8) is 0 Å². The third-order valence-corrected chi connectivity index (χ3v) is 3.05. The SMILES string of the molecule is C=CCC(NCCC)C1CCCC1. The van der Waals surface area contributed by atoms with Gasteiger partial charge < -0.3 is 5.32 Å². The fourth-order valence-electron chi connectivity index (χ4n) is 2.31. The van der Waals surface area contributed by atoms with E-state index in [9.17, 15) is 0 Å². The van der Waals surface area contributed by atoms with Crippen molar-refractivity contribution in [1.82, 2.24) is 5.32 Å². The summed E-state index contributed by atoms with van der Waals surface area (Å²) in [6.45, 7) is 7.23. The van der Waals surface area contributed by atoms with E-state index in [1.165, 1.54) is 32.1 Å². The average molecular weight is 181 g/mol. The molecule has 1 aliphatic rings. The molecule has 0 aliphatic heterocycles. The topological polar surface area (TPSA) is 12.0 Å². The zero-order chi connectivity index (χ0) is 9.52. The molecule has 1 rings (SSSR count). The summed E-state index contributed by atoms with van der Waals surface area (Å²) in [4.78, 5) is 0. The summed E-state index contributed by atoms with van der Waals surface area (Å²) in [6, 6.07) is 0.708. The molecule has 0 saturated heterocycles. The Balaban J connectivity index is 2.30. The lowest BCUT2D eigenvalue weighted by Gasteiger charge is -2.23. The smallest absolute Gasteiger partial charge is 0.0130 e. The molecule has 1 nitrogen and oxygen atoms in total. The van der Waals surface area contributed by atoms with Gasteiger partial charge >= 0.3 is 0 Å². The van der Waals surface area contributed by atoms with Gasteiger partial charge in [-0.25, -0.2) is 0 Å². The Morgan fingerprint density at radius 3 is 2.69 bits per heavy atom. The minimum Gasteiger partial charge on any atom is -0.313 e. The van der Waals surface area contributed by atoms with Crippen LogP contribution in [0.3, 0.4) is 0 Å². The Labute approximate surface area is 82.6 Å². The number of hydrogen-bond donors (Lipinski definition) is 1. The molecule has 1 N–H and O–H groups in total. The molecule has 0 heterocycles. The molecule has 1 aliphatic carbocycles. The summed E-state index contributed by atoms with van der Waals surface area (Å²) in [5.74, 6) is 0.921. The Kier molecular flexibility index (Phi) is 5.14. The van der Waals surface area contributed by atoms with Crippen molar-refractivity contribution >= 4 is 0 Å². The van der Waals surface area contributed by atoms with Crippen LogP contribution in [0.2, 0.25) is 0 Å². The second-order valence-corrected chi connectivity index (χ2v) is 4.13. The van der Waals surface area contributed by atoms with E-state index in [1.807, 2.05) is 0 Å². The van der Waals surface area contributed by atoms with E-state index < -0.39 is 0 Å². The monoisotopic (exact) mass is 181 g/mol. The first kappa shape index (κ1) is 10.8. The van der Waals surface area contributed by atoms with Crippen LogP contribution in [-0.4, -0.2) is 12.6 Å². The summed E-state index contributed by atoms with van der Waals surface area (Å²) in [6.07, 6.45) is 10.2. The molecule has 0 bridgehead atoms. The second-order valence-electron chi connectivity index (χ2n) is 4.13. The lowest BCUT2D eigenvalue weighted by Crippen LogP contribution is -2.35. The van der Waals surface area contributed by atoms with Crippen molar-refractivity contribution in [3.8, 4) is 0 Å². The highest BCUT2D eigenvalue weighted by Crippen LogP contribution is 2.29. The van der Waals surface area contributed by atoms with Gasteiger partial charge in [-0.05, 0) is 38.1 Å². The standard InChI is InChI=1S/C12H23N/c1-3-7-12(13-10-4-2)11-8-5-6-9-11/h3,11-13H,1,4-10H2,2H3. The minimum atomic E-state index is 0.708. The lowest BCUT2D eigenvalue weighted by molar-refractivity contribution is 0.361. The van der Waals surface area contributed by atoms with E-state index in [0.29, 0.717) is 6.04 Å². The lowest BCUT2D eigenvalue weighted by atomic mass is 9.95. The maximum absolute atomic E-state index is 3.84. The van der Waals surface area contributed by atoms with Crippen molar-refractivity contribution in [2.45, 2.75) is 51.5 Å². The van der Waals surface area contributed by atoms with Crippen LogP contribution in [0.15, 0.2) is 12.7 Å². The van der Waals surface area contributed by atoms with E-state index in [2.05, 4.69) is 24.9 Å². The average Bonchev–Trinajstić information content (AvgIpc) is 2.65. The summed E-state index contributed by atoms with van der Waals surface area (Å²) < 4.78 is 0. The molecule has 1 heteroatoms. The normalized spacial score (nSPS) is 20.4. The van der Waals surface area contributed by atoms with Crippen LogP contribution < -0.4 is 5.32 Å². The maximum atomic E-state index is 3.84. The van der Waals surface area contributed by atoms with Crippen LogP contribution in [0.25, 0.3) is 0 Å². The molecule has 13 heavy (non-hydrogen) atoms. The Hall–Kier alpha value is -0.300. The Bertz CT molecular complexity index is 136.